The zero-order chi connectivity index (χ0) is 21.9. The Bertz CT molecular complexity index is 1290. The summed E-state index contributed by atoms with van der Waals surface area (Å²) in [5, 5.41) is 7.67. The molecule has 0 saturated carbocycles. The van der Waals surface area contributed by atoms with E-state index in [-0.39, 0.29) is 17.6 Å². The fourth-order valence-corrected chi connectivity index (χ4v) is 4.25. The van der Waals surface area contributed by atoms with Gasteiger partial charge < -0.3 is 9.88 Å². The van der Waals surface area contributed by atoms with Crippen molar-refractivity contribution in [1.29, 1.82) is 0 Å². The van der Waals surface area contributed by atoms with Crippen molar-refractivity contribution in [1.82, 2.24) is 34.2 Å². The van der Waals surface area contributed by atoms with Gasteiger partial charge in [-0.3, -0.25) is 14.3 Å². The average molecular weight is 432 g/mol. The first-order chi connectivity index (χ1) is 15.7. The predicted octanol–water partition coefficient (Wildman–Crippen LogP) is 1.75. The molecule has 32 heavy (non-hydrogen) atoms. The van der Waals surface area contributed by atoms with Crippen molar-refractivity contribution in [2.75, 3.05) is 0 Å². The molecule has 1 aliphatic rings. The van der Waals surface area contributed by atoms with Gasteiger partial charge in [0, 0.05) is 44.4 Å². The highest BCUT2D eigenvalue weighted by atomic mass is 16.2. The van der Waals surface area contributed by atoms with E-state index in [0.29, 0.717) is 38.9 Å². The van der Waals surface area contributed by atoms with Crippen LogP contribution < -0.4 is 11.0 Å². The highest BCUT2D eigenvalue weighted by molar-refractivity contribution is 5.77. The number of fused-ring (bicyclic) bond motifs is 2. The molecule has 1 N–H and O–H groups in total. The van der Waals surface area contributed by atoms with Crippen LogP contribution in [0, 0.1) is 0 Å². The monoisotopic (exact) mass is 431 g/mol. The van der Waals surface area contributed by atoms with Crippen LogP contribution in [0.25, 0.3) is 11.0 Å². The minimum absolute atomic E-state index is 0.0151. The molecule has 9 heteroatoms. The Labute approximate surface area is 184 Å². The number of amides is 1. The molecule has 164 valence electrons. The van der Waals surface area contributed by atoms with E-state index in [9.17, 15) is 9.59 Å². The SMILES string of the molecule is O=C(CCn1cnc2ccccc21)NC1CCc2nn(Cc3cccnc3)c(=O)n2CC1. The molecule has 3 aromatic heterocycles. The number of hydrogen-bond donors (Lipinski definition) is 1. The number of aromatic nitrogens is 6. The summed E-state index contributed by atoms with van der Waals surface area (Å²) in [6, 6.07) is 11.7. The van der Waals surface area contributed by atoms with Gasteiger partial charge in [0.1, 0.15) is 5.82 Å². The summed E-state index contributed by atoms with van der Waals surface area (Å²) in [4.78, 5) is 33.8. The maximum absolute atomic E-state index is 12.8. The van der Waals surface area contributed by atoms with Crippen molar-refractivity contribution in [2.45, 2.75) is 51.4 Å². The van der Waals surface area contributed by atoms with Crippen LogP contribution in [-0.2, 0) is 30.8 Å². The van der Waals surface area contributed by atoms with E-state index in [1.807, 2.05) is 41.0 Å². The Morgan fingerprint density at radius 3 is 2.94 bits per heavy atom. The van der Waals surface area contributed by atoms with Gasteiger partial charge in [-0.2, -0.15) is 5.10 Å². The largest absolute Gasteiger partial charge is 0.353 e. The van der Waals surface area contributed by atoms with Crippen LogP contribution >= 0.6 is 0 Å². The van der Waals surface area contributed by atoms with Gasteiger partial charge in [-0.1, -0.05) is 18.2 Å². The highest BCUT2D eigenvalue weighted by Gasteiger charge is 2.22. The van der Waals surface area contributed by atoms with Gasteiger partial charge >= 0.3 is 5.69 Å². The molecule has 4 heterocycles. The molecule has 1 amide bonds. The molecule has 0 fully saturated rings. The molecule has 0 aliphatic carbocycles. The number of pyridine rings is 1. The Morgan fingerprint density at radius 2 is 2.06 bits per heavy atom. The first kappa shape index (κ1) is 20.2. The number of hydrogen-bond acceptors (Lipinski definition) is 5. The fourth-order valence-electron chi connectivity index (χ4n) is 4.25. The zero-order valence-corrected chi connectivity index (χ0v) is 17.7. The average Bonchev–Trinajstić information content (AvgIpc) is 3.28. The van der Waals surface area contributed by atoms with Crippen molar-refractivity contribution in [3.05, 3.63) is 77.0 Å². The molecule has 0 bridgehead atoms. The van der Waals surface area contributed by atoms with Crippen molar-refractivity contribution < 1.29 is 4.79 Å². The summed E-state index contributed by atoms with van der Waals surface area (Å²) in [6.07, 6.45) is 7.76. The first-order valence-corrected chi connectivity index (χ1v) is 10.9. The van der Waals surface area contributed by atoms with Crippen LogP contribution in [0.15, 0.2) is 59.9 Å². The molecule has 0 spiro atoms. The Hall–Kier alpha value is -3.75. The van der Waals surface area contributed by atoms with Crippen LogP contribution in [0.5, 0.6) is 0 Å². The Morgan fingerprint density at radius 1 is 1.16 bits per heavy atom. The van der Waals surface area contributed by atoms with Gasteiger partial charge in [0.15, 0.2) is 0 Å². The second-order valence-electron chi connectivity index (χ2n) is 8.14. The van der Waals surface area contributed by atoms with Gasteiger partial charge in [0.05, 0.1) is 23.9 Å². The molecule has 1 aliphatic heterocycles. The third kappa shape index (κ3) is 4.18. The van der Waals surface area contributed by atoms with E-state index in [1.54, 1.807) is 23.3 Å². The molecular weight excluding hydrogens is 406 g/mol. The van der Waals surface area contributed by atoms with Crippen molar-refractivity contribution >= 4 is 16.9 Å². The molecule has 4 aromatic rings. The lowest BCUT2D eigenvalue weighted by atomic mass is 10.1. The summed E-state index contributed by atoms with van der Waals surface area (Å²) in [5.74, 6) is 0.793. The van der Waals surface area contributed by atoms with Crippen LogP contribution in [0.4, 0.5) is 0 Å². The number of carbonyl (C=O) groups excluding carboxylic acids is 1. The van der Waals surface area contributed by atoms with Crippen LogP contribution in [0.3, 0.4) is 0 Å². The maximum atomic E-state index is 12.8. The summed E-state index contributed by atoms with van der Waals surface area (Å²) >= 11 is 0. The molecule has 5 rings (SSSR count). The third-order valence-electron chi connectivity index (χ3n) is 5.94. The van der Waals surface area contributed by atoms with Gasteiger partial charge in [0.2, 0.25) is 5.91 Å². The minimum Gasteiger partial charge on any atom is -0.353 e. The number of aryl methyl sites for hydroxylation is 2. The normalized spacial score (nSPS) is 15.9. The molecule has 1 atom stereocenters. The molecule has 9 nitrogen and oxygen atoms in total. The zero-order valence-electron chi connectivity index (χ0n) is 17.7. The van der Waals surface area contributed by atoms with Gasteiger partial charge in [-0.25, -0.2) is 14.5 Å². The summed E-state index contributed by atoms with van der Waals surface area (Å²) < 4.78 is 5.24. The van der Waals surface area contributed by atoms with E-state index in [1.165, 1.54) is 4.68 Å². The van der Waals surface area contributed by atoms with Crippen LogP contribution in [-0.4, -0.2) is 40.8 Å². The van der Waals surface area contributed by atoms with Gasteiger partial charge in [-0.05, 0) is 36.6 Å². The number of nitrogens with zero attached hydrogens (tertiary/aromatic N) is 6. The Kier molecular flexibility index (Phi) is 5.53. The van der Waals surface area contributed by atoms with E-state index < -0.39 is 0 Å². The second-order valence-corrected chi connectivity index (χ2v) is 8.14. The predicted molar refractivity (Wildman–Crippen MR) is 119 cm³/mol. The summed E-state index contributed by atoms with van der Waals surface area (Å²) in [6.45, 7) is 1.55. The van der Waals surface area contributed by atoms with Gasteiger partial charge in [-0.15, -0.1) is 0 Å². The molecular formula is C23H25N7O2. The molecule has 1 aromatic carbocycles. The molecule has 1 unspecified atom stereocenters. The first-order valence-electron chi connectivity index (χ1n) is 10.9. The lowest BCUT2D eigenvalue weighted by molar-refractivity contribution is -0.122. The quantitative estimate of drug-likeness (QED) is 0.501. The number of imidazole rings is 1. The number of benzene rings is 1. The van der Waals surface area contributed by atoms with E-state index in [2.05, 4.69) is 20.4 Å². The lowest BCUT2D eigenvalue weighted by Crippen LogP contribution is -2.36. The number of nitrogens with one attached hydrogen (secondary N) is 1. The van der Waals surface area contributed by atoms with Crippen LogP contribution in [0.2, 0.25) is 0 Å². The fraction of sp³-hybridized carbons (Fsp3) is 0.348. The topological polar surface area (TPSA) is 99.6 Å². The molecule has 0 saturated heterocycles. The van der Waals surface area contributed by atoms with E-state index >= 15 is 0 Å². The Balaban J connectivity index is 1.17. The minimum atomic E-state index is -0.109. The third-order valence-corrected chi connectivity index (χ3v) is 5.94. The number of rotatable bonds is 6. The second kappa shape index (κ2) is 8.78. The smallest absolute Gasteiger partial charge is 0.346 e. The maximum Gasteiger partial charge on any atom is 0.346 e. The van der Waals surface area contributed by atoms with Crippen LogP contribution in [0.1, 0.15) is 30.7 Å². The number of carbonyl (C=O) groups is 1. The number of para-hydroxylation sites is 2. The van der Waals surface area contributed by atoms with Gasteiger partial charge in [0.25, 0.3) is 0 Å². The highest BCUT2D eigenvalue weighted by Crippen LogP contribution is 2.14. The molecule has 0 radical (unpaired) electrons. The summed E-state index contributed by atoms with van der Waals surface area (Å²) in [7, 11) is 0. The van der Waals surface area contributed by atoms with Crippen molar-refractivity contribution in [3.63, 3.8) is 0 Å². The van der Waals surface area contributed by atoms with E-state index in [0.717, 1.165) is 28.8 Å². The van der Waals surface area contributed by atoms with E-state index in [4.69, 9.17) is 0 Å². The van der Waals surface area contributed by atoms with Crippen molar-refractivity contribution in [3.8, 4) is 0 Å². The van der Waals surface area contributed by atoms with Crippen molar-refractivity contribution in [2.24, 2.45) is 0 Å². The standard InChI is InChI=1S/C23H25N7O2/c31-22(10-12-28-16-25-19-5-1-2-6-20(19)28)26-18-7-8-21-27-30(23(32)29(21)13-9-18)15-17-4-3-11-24-14-17/h1-6,11,14,16,18H,7-10,12-13,15H2,(H,26,31). The summed E-state index contributed by atoms with van der Waals surface area (Å²) in [5.41, 5.74) is 2.80. The lowest BCUT2D eigenvalue weighted by Gasteiger charge is -2.16.